The van der Waals surface area contributed by atoms with Crippen LogP contribution in [0.25, 0.3) is 10.1 Å². The van der Waals surface area contributed by atoms with Crippen molar-refractivity contribution in [2.75, 3.05) is 0 Å². The van der Waals surface area contributed by atoms with Crippen molar-refractivity contribution < 1.29 is 14.3 Å². The van der Waals surface area contributed by atoms with E-state index in [1.165, 1.54) is 0 Å². The normalized spacial score (nSPS) is 10.7. The molecule has 0 aliphatic carbocycles. The Morgan fingerprint density at radius 3 is 2.86 bits per heavy atom. The van der Waals surface area contributed by atoms with E-state index in [1.54, 1.807) is 12.1 Å². The number of aromatic carboxylic acids is 1. The molecule has 0 spiro atoms. The van der Waals surface area contributed by atoms with Gasteiger partial charge in [-0.25, -0.2) is 4.79 Å². The number of carbonyl (C=O) groups is 1. The largest absolute Gasteiger partial charge is 0.478 e. The van der Waals surface area contributed by atoms with Crippen LogP contribution in [0.4, 0.5) is 4.39 Å². The first-order valence-corrected chi connectivity index (χ1v) is 4.84. The molecule has 0 atom stereocenters. The lowest BCUT2D eigenvalue weighted by Gasteiger charge is -1.94. The minimum absolute atomic E-state index is 0.214. The molecule has 0 saturated carbocycles. The summed E-state index contributed by atoms with van der Waals surface area (Å²) in [6.07, 6.45) is 0. The van der Waals surface area contributed by atoms with E-state index >= 15 is 0 Å². The fourth-order valence-corrected chi connectivity index (χ4v) is 2.42. The smallest absolute Gasteiger partial charge is 0.340 e. The Bertz CT molecular complexity index is 516. The minimum atomic E-state index is -1.21. The quantitative estimate of drug-likeness (QED) is 0.785. The Hall–Kier alpha value is -1.42. The second-order valence-electron chi connectivity index (χ2n) is 3.01. The number of halogens is 1. The summed E-state index contributed by atoms with van der Waals surface area (Å²) in [5.41, 5.74) is 0.688. The number of fused-ring (bicyclic) bond motifs is 1. The highest BCUT2D eigenvalue weighted by Crippen LogP contribution is 2.32. The summed E-state index contributed by atoms with van der Waals surface area (Å²) in [5.74, 6) is -1.21. The zero-order chi connectivity index (χ0) is 10.3. The van der Waals surface area contributed by atoms with E-state index in [0.29, 0.717) is 10.1 Å². The molecule has 14 heavy (non-hydrogen) atoms. The van der Waals surface area contributed by atoms with Gasteiger partial charge < -0.3 is 5.11 Å². The third-order valence-electron chi connectivity index (χ3n) is 2.08. The molecule has 0 aliphatic heterocycles. The van der Waals surface area contributed by atoms with Crippen LogP contribution in [-0.2, 0) is 0 Å². The fraction of sp³-hybridized carbons (Fsp3) is 0.100. The number of rotatable bonds is 1. The molecule has 0 aliphatic rings. The monoisotopic (exact) mass is 210 g/mol. The zero-order valence-corrected chi connectivity index (χ0v) is 8.19. The van der Waals surface area contributed by atoms with Crippen LogP contribution in [0.5, 0.6) is 0 Å². The lowest BCUT2D eigenvalue weighted by molar-refractivity contribution is 0.0695. The molecular weight excluding hydrogens is 203 g/mol. The Morgan fingerprint density at radius 2 is 2.21 bits per heavy atom. The van der Waals surface area contributed by atoms with Gasteiger partial charge in [-0.2, -0.15) is 4.39 Å². The molecule has 0 unspecified atom stereocenters. The molecule has 72 valence electrons. The summed E-state index contributed by atoms with van der Waals surface area (Å²) in [6, 6.07) is 5.20. The predicted octanol–water partition coefficient (Wildman–Crippen LogP) is 3.05. The van der Waals surface area contributed by atoms with Crippen LogP contribution in [0.3, 0.4) is 0 Å². The van der Waals surface area contributed by atoms with Crippen molar-refractivity contribution >= 4 is 27.4 Å². The number of aryl methyl sites for hydroxylation is 1. The number of hydrogen-bond donors (Lipinski definition) is 1. The maximum atomic E-state index is 13.3. The third kappa shape index (κ3) is 1.19. The van der Waals surface area contributed by atoms with Gasteiger partial charge in [0.05, 0.1) is 0 Å². The van der Waals surface area contributed by atoms with Gasteiger partial charge in [0.2, 0.25) is 0 Å². The van der Waals surface area contributed by atoms with Crippen molar-refractivity contribution in [3.63, 3.8) is 0 Å². The summed E-state index contributed by atoms with van der Waals surface area (Å²) in [5, 5.41) is 8.67. The summed E-state index contributed by atoms with van der Waals surface area (Å²) < 4.78 is 14.0. The van der Waals surface area contributed by atoms with E-state index in [9.17, 15) is 9.18 Å². The predicted molar refractivity (Wildman–Crippen MR) is 53.5 cm³/mol. The second-order valence-corrected chi connectivity index (χ2v) is 3.98. The third-order valence-corrected chi connectivity index (χ3v) is 3.21. The van der Waals surface area contributed by atoms with Gasteiger partial charge in [0, 0.05) is 10.1 Å². The van der Waals surface area contributed by atoms with Gasteiger partial charge in [0.1, 0.15) is 5.56 Å². The molecule has 0 radical (unpaired) electrons. The first-order valence-electron chi connectivity index (χ1n) is 4.02. The Labute approximate surface area is 83.6 Å². The van der Waals surface area contributed by atoms with E-state index < -0.39 is 11.1 Å². The zero-order valence-electron chi connectivity index (χ0n) is 7.37. The summed E-state index contributed by atoms with van der Waals surface area (Å²) >= 11 is 0.886. The van der Waals surface area contributed by atoms with Crippen molar-refractivity contribution in [3.8, 4) is 0 Å². The standard InChI is InChI=1S/C10H7FO2S/c1-5-3-2-4-6-7(10(12)13)9(11)14-8(5)6/h2-4H,1H3,(H,12,13). The maximum absolute atomic E-state index is 13.3. The average Bonchev–Trinajstić information content (AvgIpc) is 2.42. The van der Waals surface area contributed by atoms with Gasteiger partial charge in [-0.05, 0) is 12.5 Å². The summed E-state index contributed by atoms with van der Waals surface area (Å²) in [7, 11) is 0. The van der Waals surface area contributed by atoms with E-state index in [4.69, 9.17) is 5.11 Å². The average molecular weight is 210 g/mol. The maximum Gasteiger partial charge on any atom is 0.340 e. The molecule has 1 aromatic carbocycles. The van der Waals surface area contributed by atoms with Gasteiger partial charge in [0.25, 0.3) is 0 Å². The van der Waals surface area contributed by atoms with Crippen LogP contribution in [-0.4, -0.2) is 11.1 Å². The van der Waals surface area contributed by atoms with E-state index in [-0.39, 0.29) is 5.56 Å². The molecule has 4 heteroatoms. The van der Waals surface area contributed by atoms with Gasteiger partial charge in [-0.1, -0.05) is 18.2 Å². The van der Waals surface area contributed by atoms with Gasteiger partial charge >= 0.3 is 5.97 Å². The highest BCUT2D eigenvalue weighted by molar-refractivity contribution is 7.18. The number of carboxylic acids is 1. The molecule has 2 nitrogen and oxygen atoms in total. The molecule has 0 saturated heterocycles. The Morgan fingerprint density at radius 1 is 1.50 bits per heavy atom. The van der Waals surface area contributed by atoms with Gasteiger partial charge in [-0.3, -0.25) is 0 Å². The number of hydrogen-bond acceptors (Lipinski definition) is 2. The molecule has 2 aromatic rings. The van der Waals surface area contributed by atoms with Crippen LogP contribution in [0.15, 0.2) is 18.2 Å². The number of carboxylic acid groups (broad SMARTS) is 1. The molecule has 1 N–H and O–H groups in total. The van der Waals surface area contributed by atoms with E-state index in [1.807, 2.05) is 13.0 Å². The molecule has 2 rings (SSSR count). The minimum Gasteiger partial charge on any atom is -0.478 e. The summed E-state index contributed by atoms with van der Waals surface area (Å²) in [4.78, 5) is 10.8. The fourth-order valence-electron chi connectivity index (χ4n) is 1.43. The Balaban J connectivity index is 2.90. The van der Waals surface area contributed by atoms with Crippen molar-refractivity contribution in [2.24, 2.45) is 0 Å². The van der Waals surface area contributed by atoms with Crippen LogP contribution in [0.2, 0.25) is 0 Å². The van der Waals surface area contributed by atoms with E-state index in [0.717, 1.165) is 16.9 Å². The van der Waals surface area contributed by atoms with Gasteiger partial charge in [-0.15, -0.1) is 11.3 Å². The topological polar surface area (TPSA) is 37.3 Å². The molecule has 0 amide bonds. The first kappa shape index (κ1) is 9.15. The van der Waals surface area contributed by atoms with Crippen LogP contribution < -0.4 is 0 Å². The van der Waals surface area contributed by atoms with Crippen molar-refractivity contribution in [1.82, 2.24) is 0 Å². The number of benzene rings is 1. The van der Waals surface area contributed by atoms with E-state index in [2.05, 4.69) is 0 Å². The molecular formula is C10H7FO2S. The molecule has 0 bridgehead atoms. The summed E-state index contributed by atoms with van der Waals surface area (Å²) in [6.45, 7) is 1.84. The van der Waals surface area contributed by atoms with Crippen LogP contribution >= 0.6 is 11.3 Å². The Kier molecular flexibility index (Phi) is 2.00. The molecule has 1 aromatic heterocycles. The van der Waals surface area contributed by atoms with Crippen molar-refractivity contribution in [1.29, 1.82) is 0 Å². The lowest BCUT2D eigenvalue weighted by atomic mass is 10.1. The first-order chi connectivity index (χ1) is 6.61. The van der Waals surface area contributed by atoms with Crippen molar-refractivity contribution in [2.45, 2.75) is 6.92 Å². The highest BCUT2D eigenvalue weighted by Gasteiger charge is 2.18. The van der Waals surface area contributed by atoms with Gasteiger partial charge in [0.15, 0.2) is 5.13 Å². The lowest BCUT2D eigenvalue weighted by Crippen LogP contribution is -1.96. The second kappa shape index (κ2) is 3.06. The van der Waals surface area contributed by atoms with Crippen molar-refractivity contribution in [3.05, 3.63) is 34.5 Å². The molecule has 0 fully saturated rings. The van der Waals surface area contributed by atoms with Crippen LogP contribution in [0.1, 0.15) is 15.9 Å². The molecule has 1 heterocycles. The highest BCUT2D eigenvalue weighted by atomic mass is 32.1. The van der Waals surface area contributed by atoms with Crippen LogP contribution in [0, 0.1) is 12.1 Å². The number of thiophene rings is 1. The SMILES string of the molecule is Cc1cccc2c(C(=O)O)c(F)sc12.